The number of methoxy groups -OCH3 is 1. The number of ether oxygens (including phenoxy) is 1. The van der Waals surface area contributed by atoms with Crippen LogP contribution in [0.25, 0.3) is 0 Å². The van der Waals surface area contributed by atoms with Gasteiger partial charge in [-0.05, 0) is 30.2 Å². The van der Waals surface area contributed by atoms with E-state index in [9.17, 15) is 4.79 Å². The molecule has 100 valence electrons. The summed E-state index contributed by atoms with van der Waals surface area (Å²) in [6.07, 6.45) is 3.75. The van der Waals surface area contributed by atoms with Gasteiger partial charge in [0.1, 0.15) is 12.0 Å². The minimum Gasteiger partial charge on any atom is -0.497 e. The van der Waals surface area contributed by atoms with Crippen molar-refractivity contribution in [2.24, 2.45) is 0 Å². The van der Waals surface area contributed by atoms with Crippen molar-refractivity contribution in [3.8, 4) is 5.75 Å². The molecule has 2 rings (SSSR count). The van der Waals surface area contributed by atoms with E-state index < -0.39 is 0 Å². The van der Waals surface area contributed by atoms with Crippen LogP contribution in [0.1, 0.15) is 35.3 Å². The topological polar surface area (TPSA) is 51.5 Å². The molecule has 0 unspecified atom stereocenters. The van der Waals surface area contributed by atoms with Crippen LogP contribution < -0.4 is 10.1 Å². The molecule has 0 fully saturated rings. The summed E-state index contributed by atoms with van der Waals surface area (Å²) < 4.78 is 10.0. The molecule has 19 heavy (non-hydrogen) atoms. The second-order valence-electron chi connectivity index (χ2n) is 4.22. The Morgan fingerprint density at radius 1 is 1.32 bits per heavy atom. The third kappa shape index (κ3) is 3.16. The van der Waals surface area contributed by atoms with Crippen LogP contribution >= 0.6 is 0 Å². The lowest BCUT2D eigenvalue weighted by Crippen LogP contribution is -2.27. The molecule has 1 aromatic heterocycles. The summed E-state index contributed by atoms with van der Waals surface area (Å²) in [7, 11) is 1.63. The number of carbonyl (C=O) groups is 1. The van der Waals surface area contributed by atoms with E-state index in [4.69, 9.17) is 9.15 Å². The quantitative estimate of drug-likeness (QED) is 0.897. The highest BCUT2D eigenvalue weighted by Crippen LogP contribution is 2.20. The predicted molar refractivity (Wildman–Crippen MR) is 72.2 cm³/mol. The van der Waals surface area contributed by atoms with Crippen LogP contribution in [0, 0.1) is 0 Å². The summed E-state index contributed by atoms with van der Waals surface area (Å²) in [6, 6.07) is 9.33. The molecule has 0 spiro atoms. The lowest BCUT2D eigenvalue weighted by molar-refractivity contribution is 0.0935. The molecule has 1 aromatic carbocycles. The highest BCUT2D eigenvalue weighted by molar-refractivity contribution is 5.94. The zero-order valence-corrected chi connectivity index (χ0v) is 11.1. The predicted octanol–water partition coefficient (Wildman–Crippen LogP) is 3.17. The first-order valence-electron chi connectivity index (χ1n) is 6.21. The molecule has 1 N–H and O–H groups in total. The Morgan fingerprint density at radius 2 is 2.05 bits per heavy atom. The third-order valence-corrected chi connectivity index (χ3v) is 3.02. The third-order valence-electron chi connectivity index (χ3n) is 3.02. The maximum absolute atomic E-state index is 12.0. The number of rotatable bonds is 5. The molecule has 0 aliphatic heterocycles. The van der Waals surface area contributed by atoms with Crippen molar-refractivity contribution in [3.05, 3.63) is 54.0 Å². The minimum atomic E-state index is -0.128. The van der Waals surface area contributed by atoms with Crippen LogP contribution in [0.3, 0.4) is 0 Å². The van der Waals surface area contributed by atoms with Gasteiger partial charge in [-0.25, -0.2) is 0 Å². The van der Waals surface area contributed by atoms with Crippen molar-refractivity contribution >= 4 is 5.91 Å². The summed E-state index contributed by atoms with van der Waals surface area (Å²) in [5, 5.41) is 2.98. The Bertz CT molecular complexity index is 517. The van der Waals surface area contributed by atoms with E-state index in [1.165, 1.54) is 12.5 Å². The molecule has 0 aliphatic carbocycles. The lowest BCUT2D eigenvalue weighted by Gasteiger charge is -2.17. The number of amides is 1. The summed E-state index contributed by atoms with van der Waals surface area (Å²) in [4.78, 5) is 12.0. The number of nitrogens with one attached hydrogen (secondary N) is 1. The zero-order valence-electron chi connectivity index (χ0n) is 11.1. The molecule has 0 aliphatic rings. The minimum absolute atomic E-state index is 0.0201. The summed E-state index contributed by atoms with van der Waals surface area (Å²) in [6.45, 7) is 2.03. The zero-order chi connectivity index (χ0) is 13.7. The number of benzene rings is 1. The molecule has 0 saturated carbocycles. The van der Waals surface area contributed by atoms with Gasteiger partial charge in [0, 0.05) is 0 Å². The van der Waals surface area contributed by atoms with Gasteiger partial charge >= 0.3 is 0 Å². The number of hydrogen-bond donors (Lipinski definition) is 1. The largest absolute Gasteiger partial charge is 0.497 e. The van der Waals surface area contributed by atoms with Gasteiger partial charge in [-0.2, -0.15) is 0 Å². The first kappa shape index (κ1) is 13.2. The van der Waals surface area contributed by atoms with Gasteiger partial charge in [0.2, 0.25) is 0 Å². The van der Waals surface area contributed by atoms with E-state index >= 15 is 0 Å². The maximum Gasteiger partial charge on any atom is 0.255 e. The Labute approximate surface area is 112 Å². The molecule has 0 saturated heterocycles. The summed E-state index contributed by atoms with van der Waals surface area (Å²) in [5.74, 6) is 0.677. The molecular weight excluding hydrogens is 242 g/mol. The van der Waals surface area contributed by atoms with Gasteiger partial charge in [0.15, 0.2) is 0 Å². The van der Waals surface area contributed by atoms with Gasteiger partial charge in [0.25, 0.3) is 5.91 Å². The van der Waals surface area contributed by atoms with Crippen LogP contribution in [0.5, 0.6) is 5.75 Å². The van der Waals surface area contributed by atoms with Crippen molar-refractivity contribution in [1.29, 1.82) is 0 Å². The molecular formula is C15H17NO3. The van der Waals surface area contributed by atoms with E-state index in [2.05, 4.69) is 5.32 Å². The SMILES string of the molecule is CC[C@H](NC(=O)c1ccoc1)c1ccc(OC)cc1. The Kier molecular flexibility index (Phi) is 4.23. The van der Waals surface area contributed by atoms with Crippen LogP contribution in [-0.4, -0.2) is 13.0 Å². The molecule has 1 heterocycles. The average Bonchev–Trinajstić information content (AvgIpc) is 2.99. The molecule has 4 nitrogen and oxygen atoms in total. The van der Waals surface area contributed by atoms with Gasteiger partial charge in [-0.1, -0.05) is 19.1 Å². The molecule has 1 amide bonds. The smallest absolute Gasteiger partial charge is 0.255 e. The van der Waals surface area contributed by atoms with Crippen LogP contribution in [0.4, 0.5) is 0 Å². The Morgan fingerprint density at radius 3 is 2.58 bits per heavy atom. The first-order valence-corrected chi connectivity index (χ1v) is 6.21. The monoisotopic (exact) mass is 259 g/mol. The van der Waals surface area contributed by atoms with Crippen molar-refractivity contribution < 1.29 is 13.9 Å². The second kappa shape index (κ2) is 6.09. The van der Waals surface area contributed by atoms with Crippen molar-refractivity contribution in [1.82, 2.24) is 5.32 Å². The normalized spacial score (nSPS) is 11.9. The van der Waals surface area contributed by atoms with E-state index in [0.29, 0.717) is 5.56 Å². The highest BCUT2D eigenvalue weighted by atomic mass is 16.5. The molecule has 2 aromatic rings. The lowest BCUT2D eigenvalue weighted by atomic mass is 10.0. The fourth-order valence-electron chi connectivity index (χ4n) is 1.89. The fourth-order valence-corrected chi connectivity index (χ4v) is 1.89. The maximum atomic E-state index is 12.0. The number of furan rings is 1. The van der Waals surface area contributed by atoms with E-state index in [0.717, 1.165) is 17.7 Å². The highest BCUT2D eigenvalue weighted by Gasteiger charge is 2.14. The summed E-state index contributed by atoms with van der Waals surface area (Å²) >= 11 is 0. The number of hydrogen-bond acceptors (Lipinski definition) is 3. The standard InChI is InChI=1S/C15H17NO3/c1-3-14(11-4-6-13(18-2)7-5-11)16-15(17)12-8-9-19-10-12/h4-10,14H,3H2,1-2H3,(H,16,17)/t14-/m0/s1. The Hall–Kier alpha value is -2.23. The van der Waals surface area contributed by atoms with Crippen LogP contribution in [0.15, 0.2) is 47.3 Å². The fraction of sp³-hybridized carbons (Fsp3) is 0.267. The van der Waals surface area contributed by atoms with Gasteiger partial charge in [0.05, 0.1) is 25.0 Å². The van der Waals surface area contributed by atoms with Gasteiger partial charge in [-0.15, -0.1) is 0 Å². The van der Waals surface area contributed by atoms with Crippen molar-refractivity contribution in [3.63, 3.8) is 0 Å². The molecule has 1 atom stereocenters. The van der Waals surface area contributed by atoms with E-state index in [1.54, 1.807) is 13.2 Å². The molecule has 0 radical (unpaired) electrons. The van der Waals surface area contributed by atoms with Crippen LogP contribution in [-0.2, 0) is 0 Å². The molecule has 0 bridgehead atoms. The average molecular weight is 259 g/mol. The van der Waals surface area contributed by atoms with E-state index in [1.807, 2.05) is 31.2 Å². The Balaban J connectivity index is 2.09. The summed E-state index contributed by atoms with van der Waals surface area (Å²) in [5.41, 5.74) is 1.59. The van der Waals surface area contributed by atoms with Crippen LogP contribution in [0.2, 0.25) is 0 Å². The van der Waals surface area contributed by atoms with Gasteiger partial charge in [-0.3, -0.25) is 4.79 Å². The second-order valence-corrected chi connectivity index (χ2v) is 4.22. The van der Waals surface area contributed by atoms with Crippen molar-refractivity contribution in [2.75, 3.05) is 7.11 Å². The first-order chi connectivity index (χ1) is 9.24. The van der Waals surface area contributed by atoms with E-state index in [-0.39, 0.29) is 11.9 Å². The molecule has 4 heteroatoms. The van der Waals surface area contributed by atoms with Crippen molar-refractivity contribution in [2.45, 2.75) is 19.4 Å². The number of carbonyl (C=O) groups excluding carboxylic acids is 1. The van der Waals surface area contributed by atoms with Gasteiger partial charge < -0.3 is 14.5 Å².